The molecule has 0 fully saturated rings. The van der Waals surface area contributed by atoms with Crippen LogP contribution >= 0.6 is 25.3 Å². The van der Waals surface area contributed by atoms with E-state index >= 15 is 0 Å². The average Bonchev–Trinajstić information content (AvgIpc) is 3.29. The summed E-state index contributed by atoms with van der Waals surface area (Å²) in [7, 11) is 0. The maximum atomic E-state index is 12.8. The third-order valence-corrected chi connectivity index (χ3v) is 5.25. The first-order valence-electron chi connectivity index (χ1n) is 10.2. The summed E-state index contributed by atoms with van der Waals surface area (Å²) in [6, 6.07) is -4.44. The number of guanidine groups is 1. The molecule has 0 spiro atoms. The number of carbonyl (C=O) groups excluding carboxylic acids is 3. The molecule has 0 aromatic carbocycles. The number of nitrogens with one attached hydrogen (secondary N) is 4. The summed E-state index contributed by atoms with van der Waals surface area (Å²) in [6.07, 6.45) is 3.55. The van der Waals surface area contributed by atoms with E-state index in [0.29, 0.717) is 12.1 Å². The molecular formula is C18H31N9O5S2. The molecule has 1 rings (SSSR count). The standard InChI is InChI=1S/C18H31N9O5S2/c19-10(4-9-5-22-8-24-9)14(28)26-12(6-33)16(30)25-11(2-1-3-23-18(20)21)15(29)27-13(7-34)17(31)32/h5,8,10-13,33-34H,1-4,6-7,19H2,(H,22,24)(H,25,30)(H,26,28)(H,27,29)(H,31,32)(H4,20,21,23). The van der Waals surface area contributed by atoms with Gasteiger partial charge >= 0.3 is 5.97 Å². The predicted molar refractivity (Wildman–Crippen MR) is 131 cm³/mol. The molecule has 0 aliphatic rings. The second kappa shape index (κ2) is 15.0. The fraction of sp³-hybridized carbons (Fsp3) is 0.556. The number of thiol groups is 2. The van der Waals surface area contributed by atoms with Gasteiger partial charge in [0.25, 0.3) is 0 Å². The van der Waals surface area contributed by atoms with Crippen molar-refractivity contribution in [1.82, 2.24) is 25.9 Å². The number of aromatic nitrogens is 2. The first kappa shape index (κ1) is 29.1. The summed E-state index contributed by atoms with van der Waals surface area (Å²) in [6.45, 7) is 0.187. The number of nitrogens with two attached hydrogens (primary N) is 3. The normalized spacial score (nSPS) is 14.2. The lowest BCUT2D eigenvalue weighted by Crippen LogP contribution is -2.58. The zero-order valence-corrected chi connectivity index (χ0v) is 20.1. The zero-order valence-electron chi connectivity index (χ0n) is 18.3. The molecule has 4 unspecified atom stereocenters. The Morgan fingerprint density at radius 2 is 1.62 bits per heavy atom. The van der Waals surface area contributed by atoms with E-state index in [0.717, 1.165) is 0 Å². The smallest absolute Gasteiger partial charge is 0.327 e. The highest BCUT2D eigenvalue weighted by molar-refractivity contribution is 7.80. The van der Waals surface area contributed by atoms with E-state index in [1.54, 1.807) is 0 Å². The Labute approximate surface area is 207 Å². The van der Waals surface area contributed by atoms with Crippen molar-refractivity contribution >= 4 is 54.9 Å². The third kappa shape index (κ3) is 10.3. The molecule has 3 amide bonds. The number of aliphatic imine (C=N–C) groups is 1. The molecule has 14 nitrogen and oxygen atoms in total. The number of hydrogen-bond donors (Lipinski definition) is 10. The van der Waals surface area contributed by atoms with Gasteiger partial charge in [-0.15, -0.1) is 0 Å². The molecule has 0 aliphatic heterocycles. The Bertz CT molecular complexity index is 849. The molecule has 0 saturated carbocycles. The summed E-state index contributed by atoms with van der Waals surface area (Å²) >= 11 is 8.01. The number of rotatable bonds is 15. The molecule has 190 valence electrons. The molecule has 0 bridgehead atoms. The van der Waals surface area contributed by atoms with Gasteiger partial charge in [0, 0.05) is 36.4 Å². The number of carbonyl (C=O) groups is 4. The quantitative estimate of drug-likeness (QED) is 0.0484. The van der Waals surface area contributed by atoms with E-state index in [2.05, 4.69) is 56.2 Å². The van der Waals surface area contributed by atoms with Crippen molar-refractivity contribution in [3.05, 3.63) is 18.2 Å². The molecule has 34 heavy (non-hydrogen) atoms. The first-order valence-corrected chi connectivity index (χ1v) is 11.5. The molecule has 1 aromatic heterocycles. The lowest BCUT2D eigenvalue weighted by Gasteiger charge is -2.24. The molecule has 0 saturated heterocycles. The number of hydrogen-bond acceptors (Lipinski definition) is 9. The van der Waals surface area contributed by atoms with Crippen LogP contribution in [0.2, 0.25) is 0 Å². The SMILES string of the molecule is NC(N)=NCCCC(NC(=O)C(CS)NC(=O)C(N)Cc1cnc[nH]1)C(=O)NC(CS)C(=O)O. The first-order chi connectivity index (χ1) is 16.1. The van der Waals surface area contributed by atoms with Crippen molar-refractivity contribution in [3.8, 4) is 0 Å². The van der Waals surface area contributed by atoms with Crippen LogP contribution < -0.4 is 33.2 Å². The second-order valence-corrected chi connectivity index (χ2v) is 7.95. The Morgan fingerprint density at radius 3 is 2.15 bits per heavy atom. The van der Waals surface area contributed by atoms with Gasteiger partial charge in [-0.25, -0.2) is 9.78 Å². The summed E-state index contributed by atoms with van der Waals surface area (Å²) < 4.78 is 0. The van der Waals surface area contributed by atoms with E-state index in [1.807, 2.05) is 0 Å². The van der Waals surface area contributed by atoms with Crippen LogP contribution in [0.3, 0.4) is 0 Å². The van der Waals surface area contributed by atoms with E-state index in [-0.39, 0.29) is 36.9 Å². The second-order valence-electron chi connectivity index (χ2n) is 7.22. The van der Waals surface area contributed by atoms with Crippen LogP contribution in [0.4, 0.5) is 0 Å². The lowest BCUT2D eigenvalue weighted by molar-refractivity contribution is -0.141. The molecule has 1 heterocycles. The molecule has 1 aromatic rings. The van der Waals surface area contributed by atoms with Crippen LogP contribution in [0, 0.1) is 0 Å². The number of carboxylic acid groups (broad SMARTS) is 1. The van der Waals surface area contributed by atoms with Crippen molar-refractivity contribution in [2.45, 2.75) is 43.4 Å². The van der Waals surface area contributed by atoms with Gasteiger partial charge in [-0.05, 0) is 12.8 Å². The van der Waals surface area contributed by atoms with Gasteiger partial charge in [-0.1, -0.05) is 0 Å². The Balaban J connectivity index is 2.82. The fourth-order valence-corrected chi connectivity index (χ4v) is 3.21. The fourth-order valence-electron chi connectivity index (χ4n) is 2.70. The molecule has 16 heteroatoms. The van der Waals surface area contributed by atoms with Crippen molar-refractivity contribution in [2.75, 3.05) is 18.1 Å². The van der Waals surface area contributed by atoms with Crippen LogP contribution in [-0.2, 0) is 25.6 Å². The number of nitrogens with zero attached hydrogens (tertiary/aromatic N) is 2. The summed E-state index contributed by atoms with van der Waals surface area (Å²) in [5, 5.41) is 16.5. The molecular weight excluding hydrogens is 486 g/mol. The van der Waals surface area contributed by atoms with Crippen LogP contribution in [-0.4, -0.2) is 86.9 Å². The van der Waals surface area contributed by atoms with Gasteiger partial charge in [0.2, 0.25) is 17.7 Å². The number of carboxylic acids is 1. The van der Waals surface area contributed by atoms with Gasteiger partial charge < -0.3 is 43.2 Å². The number of amides is 3. The van der Waals surface area contributed by atoms with Gasteiger partial charge in [0.15, 0.2) is 5.96 Å². The molecule has 4 atom stereocenters. The zero-order chi connectivity index (χ0) is 25.7. The van der Waals surface area contributed by atoms with Gasteiger partial charge in [0.1, 0.15) is 18.1 Å². The largest absolute Gasteiger partial charge is 0.480 e. The summed E-state index contributed by atoms with van der Waals surface area (Å²) in [5.41, 5.74) is 17.1. The molecule has 0 radical (unpaired) electrons. The van der Waals surface area contributed by atoms with Gasteiger partial charge in [-0.3, -0.25) is 19.4 Å². The van der Waals surface area contributed by atoms with E-state index in [9.17, 15) is 19.2 Å². The van der Waals surface area contributed by atoms with Crippen molar-refractivity contribution < 1.29 is 24.3 Å². The third-order valence-electron chi connectivity index (χ3n) is 4.52. The summed E-state index contributed by atoms with van der Waals surface area (Å²) in [5.74, 6) is -3.67. The molecule has 11 N–H and O–H groups in total. The Morgan fingerprint density at radius 1 is 1.03 bits per heavy atom. The minimum absolute atomic E-state index is 0.0783. The number of aliphatic carboxylic acids is 1. The predicted octanol–water partition coefficient (Wildman–Crippen LogP) is -3.27. The maximum Gasteiger partial charge on any atom is 0.327 e. The lowest BCUT2D eigenvalue weighted by atomic mass is 10.1. The average molecular weight is 518 g/mol. The molecule has 0 aliphatic carbocycles. The van der Waals surface area contributed by atoms with Crippen molar-refractivity contribution in [3.63, 3.8) is 0 Å². The van der Waals surface area contributed by atoms with Crippen LogP contribution in [0.15, 0.2) is 17.5 Å². The topological polar surface area (TPSA) is 244 Å². The number of imidazole rings is 1. The van der Waals surface area contributed by atoms with E-state index in [1.165, 1.54) is 12.5 Å². The highest BCUT2D eigenvalue weighted by Crippen LogP contribution is 2.03. The van der Waals surface area contributed by atoms with Gasteiger partial charge in [0.05, 0.1) is 12.4 Å². The van der Waals surface area contributed by atoms with Crippen LogP contribution in [0.1, 0.15) is 18.5 Å². The highest BCUT2D eigenvalue weighted by Gasteiger charge is 2.29. The van der Waals surface area contributed by atoms with Crippen LogP contribution in [0.25, 0.3) is 0 Å². The number of aromatic amines is 1. The minimum atomic E-state index is -1.28. The highest BCUT2D eigenvalue weighted by atomic mass is 32.1. The van der Waals surface area contributed by atoms with Crippen molar-refractivity contribution in [1.29, 1.82) is 0 Å². The number of H-pyrrole nitrogens is 1. The minimum Gasteiger partial charge on any atom is -0.480 e. The van der Waals surface area contributed by atoms with Gasteiger partial charge in [-0.2, -0.15) is 25.3 Å². The maximum absolute atomic E-state index is 12.8. The Hall–Kier alpha value is -2.98. The van der Waals surface area contributed by atoms with E-state index < -0.39 is 47.9 Å². The van der Waals surface area contributed by atoms with Crippen molar-refractivity contribution in [2.24, 2.45) is 22.2 Å². The Kier molecular flexibility index (Phi) is 12.8. The monoisotopic (exact) mass is 517 g/mol. The van der Waals surface area contributed by atoms with E-state index in [4.69, 9.17) is 22.3 Å². The van der Waals surface area contributed by atoms with Crippen LogP contribution in [0.5, 0.6) is 0 Å². The summed E-state index contributed by atoms with van der Waals surface area (Å²) in [4.78, 5) is 59.6.